The van der Waals surface area contributed by atoms with Gasteiger partial charge in [-0.15, -0.1) is 10.2 Å². The number of amides is 1. The molecule has 0 aliphatic rings. The minimum Gasteiger partial charge on any atom is -0.370 e. The molecule has 2 heterocycles. The highest BCUT2D eigenvalue weighted by Gasteiger charge is 2.08. The molecule has 0 saturated carbocycles. The number of anilines is 1. The summed E-state index contributed by atoms with van der Waals surface area (Å²) in [5, 5.41) is 13.8. The van der Waals surface area contributed by atoms with E-state index in [1.165, 1.54) is 0 Å². The van der Waals surface area contributed by atoms with E-state index < -0.39 is 0 Å². The molecule has 2 N–H and O–H groups in total. The van der Waals surface area contributed by atoms with Crippen LogP contribution in [0.4, 0.5) is 5.82 Å². The summed E-state index contributed by atoms with van der Waals surface area (Å²) in [5.74, 6) is 1.34. The third-order valence-corrected chi connectivity index (χ3v) is 3.03. The van der Waals surface area contributed by atoms with Crippen molar-refractivity contribution in [3.63, 3.8) is 0 Å². The first-order valence-electron chi connectivity index (χ1n) is 7.09. The summed E-state index contributed by atoms with van der Waals surface area (Å²) in [7, 11) is 0. The van der Waals surface area contributed by atoms with Crippen molar-refractivity contribution in [1.29, 1.82) is 0 Å². The maximum absolute atomic E-state index is 12.0. The molecule has 0 aliphatic heterocycles. The Balaban J connectivity index is 1.91. The Morgan fingerprint density at radius 2 is 2.19 bits per heavy atom. The summed E-state index contributed by atoms with van der Waals surface area (Å²) in [4.78, 5) is 16.2. The number of nitrogens with one attached hydrogen (secondary N) is 2. The van der Waals surface area contributed by atoms with Crippen LogP contribution in [-0.4, -0.2) is 32.2 Å². The van der Waals surface area contributed by atoms with Gasteiger partial charge in [0.15, 0.2) is 5.82 Å². The van der Waals surface area contributed by atoms with Crippen molar-refractivity contribution in [3.05, 3.63) is 36.0 Å². The average molecular weight is 288 g/mol. The fourth-order valence-corrected chi connectivity index (χ4v) is 1.83. The van der Waals surface area contributed by atoms with Crippen LogP contribution in [-0.2, 0) is 13.1 Å². The third kappa shape index (κ3) is 4.01. The van der Waals surface area contributed by atoms with Crippen LogP contribution in [0.2, 0.25) is 0 Å². The topological polar surface area (TPSA) is 84.7 Å². The van der Waals surface area contributed by atoms with E-state index in [0.29, 0.717) is 12.1 Å². The van der Waals surface area contributed by atoms with Crippen LogP contribution in [0.15, 0.2) is 24.7 Å². The Morgan fingerprint density at radius 1 is 1.33 bits per heavy atom. The van der Waals surface area contributed by atoms with Crippen molar-refractivity contribution < 1.29 is 4.79 Å². The molecule has 0 fully saturated rings. The predicted octanol–water partition coefficient (Wildman–Crippen LogP) is 1.44. The maximum atomic E-state index is 12.0. The number of carbonyl (C=O) groups excluding carboxylic acids is 1. The zero-order valence-electron chi connectivity index (χ0n) is 12.3. The molecule has 0 aliphatic carbocycles. The van der Waals surface area contributed by atoms with E-state index in [1.54, 1.807) is 24.7 Å². The van der Waals surface area contributed by atoms with Gasteiger partial charge in [0.2, 0.25) is 0 Å². The molecule has 2 aromatic heterocycles. The number of nitrogens with zero attached hydrogens (tertiary/aromatic N) is 4. The van der Waals surface area contributed by atoms with Gasteiger partial charge < -0.3 is 15.2 Å². The van der Waals surface area contributed by atoms with Gasteiger partial charge in [0.25, 0.3) is 5.91 Å². The standard InChI is InChI=1S/C14H20N6O/c1-3-7-15-12-6-5-11(8-16-12)14(21)17-9-13-19-18-10-20(13)4-2/h5-6,8,10H,3-4,7,9H2,1-2H3,(H,15,16)(H,17,21). The molecule has 0 unspecified atom stereocenters. The molecule has 112 valence electrons. The van der Waals surface area contributed by atoms with Crippen LogP contribution in [0.1, 0.15) is 36.5 Å². The minimum absolute atomic E-state index is 0.171. The highest BCUT2D eigenvalue weighted by molar-refractivity contribution is 5.93. The highest BCUT2D eigenvalue weighted by Crippen LogP contribution is 2.05. The first-order valence-corrected chi connectivity index (χ1v) is 7.09. The lowest BCUT2D eigenvalue weighted by Crippen LogP contribution is -2.24. The predicted molar refractivity (Wildman–Crippen MR) is 79.9 cm³/mol. The van der Waals surface area contributed by atoms with Gasteiger partial charge in [-0.2, -0.15) is 0 Å². The zero-order valence-corrected chi connectivity index (χ0v) is 12.3. The molecule has 0 bridgehead atoms. The first-order chi connectivity index (χ1) is 10.2. The number of hydrogen-bond donors (Lipinski definition) is 2. The summed E-state index contributed by atoms with van der Waals surface area (Å²) in [6.07, 6.45) is 4.25. The van der Waals surface area contributed by atoms with Gasteiger partial charge in [0, 0.05) is 19.3 Å². The SMILES string of the molecule is CCCNc1ccc(C(=O)NCc2nncn2CC)cn1. The number of carbonyl (C=O) groups is 1. The molecule has 0 radical (unpaired) electrons. The van der Waals surface area contributed by atoms with Crippen LogP contribution in [0, 0.1) is 0 Å². The summed E-state index contributed by atoms with van der Waals surface area (Å²) in [6, 6.07) is 3.56. The Morgan fingerprint density at radius 3 is 2.86 bits per heavy atom. The molecule has 7 nitrogen and oxygen atoms in total. The van der Waals surface area contributed by atoms with Crippen molar-refractivity contribution in [3.8, 4) is 0 Å². The van der Waals surface area contributed by atoms with E-state index in [-0.39, 0.29) is 5.91 Å². The van der Waals surface area contributed by atoms with Crippen LogP contribution in [0.5, 0.6) is 0 Å². The average Bonchev–Trinajstić information content (AvgIpc) is 2.98. The summed E-state index contributed by atoms with van der Waals surface area (Å²) in [6.45, 7) is 6.08. The van der Waals surface area contributed by atoms with E-state index in [9.17, 15) is 4.79 Å². The van der Waals surface area contributed by atoms with E-state index in [4.69, 9.17) is 0 Å². The summed E-state index contributed by atoms with van der Waals surface area (Å²) >= 11 is 0. The molecule has 0 saturated heterocycles. The quantitative estimate of drug-likeness (QED) is 0.805. The molecule has 2 rings (SSSR count). The van der Waals surface area contributed by atoms with E-state index in [1.807, 2.05) is 11.5 Å². The highest BCUT2D eigenvalue weighted by atomic mass is 16.1. The van der Waals surface area contributed by atoms with Crippen molar-refractivity contribution >= 4 is 11.7 Å². The van der Waals surface area contributed by atoms with Gasteiger partial charge >= 0.3 is 0 Å². The Hall–Kier alpha value is -2.44. The molecule has 21 heavy (non-hydrogen) atoms. The summed E-state index contributed by atoms with van der Waals surface area (Å²) in [5.41, 5.74) is 0.527. The molecule has 0 spiro atoms. The maximum Gasteiger partial charge on any atom is 0.253 e. The Bertz CT molecular complexity index is 577. The number of aryl methyl sites for hydroxylation is 1. The lowest BCUT2D eigenvalue weighted by Gasteiger charge is -2.07. The van der Waals surface area contributed by atoms with Gasteiger partial charge in [-0.05, 0) is 25.5 Å². The normalized spacial score (nSPS) is 10.4. The molecule has 2 aromatic rings. The van der Waals surface area contributed by atoms with E-state index in [0.717, 1.165) is 31.2 Å². The van der Waals surface area contributed by atoms with Gasteiger partial charge in [-0.25, -0.2) is 4.98 Å². The lowest BCUT2D eigenvalue weighted by atomic mass is 10.2. The third-order valence-electron chi connectivity index (χ3n) is 3.03. The largest absolute Gasteiger partial charge is 0.370 e. The van der Waals surface area contributed by atoms with E-state index >= 15 is 0 Å². The van der Waals surface area contributed by atoms with Crippen LogP contribution in [0.25, 0.3) is 0 Å². The smallest absolute Gasteiger partial charge is 0.253 e. The molecular weight excluding hydrogens is 268 g/mol. The number of rotatable bonds is 7. The second-order valence-corrected chi connectivity index (χ2v) is 4.57. The number of hydrogen-bond acceptors (Lipinski definition) is 5. The van der Waals surface area contributed by atoms with Crippen molar-refractivity contribution in [2.24, 2.45) is 0 Å². The second kappa shape index (κ2) is 7.37. The van der Waals surface area contributed by atoms with Crippen LogP contribution < -0.4 is 10.6 Å². The van der Waals surface area contributed by atoms with Gasteiger partial charge in [-0.3, -0.25) is 4.79 Å². The molecule has 1 amide bonds. The molecule has 0 atom stereocenters. The van der Waals surface area contributed by atoms with Crippen molar-refractivity contribution in [2.75, 3.05) is 11.9 Å². The zero-order chi connectivity index (χ0) is 15.1. The summed E-state index contributed by atoms with van der Waals surface area (Å²) < 4.78 is 1.89. The monoisotopic (exact) mass is 288 g/mol. The Kier molecular flexibility index (Phi) is 5.25. The molecule has 7 heteroatoms. The van der Waals surface area contributed by atoms with Gasteiger partial charge in [-0.1, -0.05) is 6.92 Å². The van der Waals surface area contributed by atoms with Crippen molar-refractivity contribution in [1.82, 2.24) is 25.1 Å². The number of aromatic nitrogens is 4. The second-order valence-electron chi connectivity index (χ2n) is 4.57. The Labute approximate surface area is 123 Å². The fraction of sp³-hybridized carbons (Fsp3) is 0.429. The van der Waals surface area contributed by atoms with E-state index in [2.05, 4.69) is 32.7 Å². The molecule has 0 aromatic carbocycles. The fourth-order valence-electron chi connectivity index (χ4n) is 1.83. The molecular formula is C14H20N6O. The van der Waals surface area contributed by atoms with Gasteiger partial charge in [0.1, 0.15) is 12.1 Å². The van der Waals surface area contributed by atoms with Crippen LogP contribution >= 0.6 is 0 Å². The minimum atomic E-state index is -0.171. The first kappa shape index (κ1) is 15.0. The van der Waals surface area contributed by atoms with Crippen LogP contribution in [0.3, 0.4) is 0 Å². The van der Waals surface area contributed by atoms with Gasteiger partial charge in [0.05, 0.1) is 12.1 Å². The number of pyridine rings is 1. The lowest BCUT2D eigenvalue weighted by molar-refractivity contribution is 0.0949. The van der Waals surface area contributed by atoms with Crippen molar-refractivity contribution in [2.45, 2.75) is 33.4 Å².